The van der Waals surface area contributed by atoms with Gasteiger partial charge < -0.3 is 15.0 Å². The highest BCUT2D eigenvalue weighted by Crippen LogP contribution is 2.38. The summed E-state index contributed by atoms with van der Waals surface area (Å²) in [5, 5.41) is 3.25. The van der Waals surface area contributed by atoms with Crippen LogP contribution in [0.1, 0.15) is 18.4 Å². The minimum atomic E-state index is -3.35. The number of nitrogens with zero attached hydrogens (tertiary/aromatic N) is 3. The van der Waals surface area contributed by atoms with Gasteiger partial charge in [0.05, 0.1) is 18.0 Å². The molecule has 0 radical (unpaired) electrons. The van der Waals surface area contributed by atoms with Crippen molar-refractivity contribution in [2.75, 3.05) is 56.5 Å². The van der Waals surface area contributed by atoms with E-state index >= 15 is 0 Å². The number of para-hydroxylation sites is 1. The highest BCUT2D eigenvalue weighted by Gasteiger charge is 2.42. The Kier molecular flexibility index (Phi) is 5.03. The number of hydrogen-bond acceptors (Lipinski definition) is 4. The summed E-state index contributed by atoms with van der Waals surface area (Å²) in [5.41, 5.74) is 2.18. The van der Waals surface area contributed by atoms with E-state index in [4.69, 9.17) is 4.74 Å². The summed E-state index contributed by atoms with van der Waals surface area (Å²) in [4.78, 5) is 6.59. The molecule has 1 spiro atoms. The Labute approximate surface area is 161 Å². The maximum atomic E-state index is 12.8. The van der Waals surface area contributed by atoms with E-state index in [0.29, 0.717) is 13.1 Å². The second-order valence-electron chi connectivity index (χ2n) is 7.71. The number of ether oxygens (including phenoxy) is 1. The Balaban J connectivity index is 1.33. The SMILES string of the molecule is CN=C(NCCS(=O)(=O)N1CCc2ccccc21)N1CCC2(CCOC2)C1. The number of fused-ring (bicyclic) bond motifs is 1. The van der Waals surface area contributed by atoms with Crippen LogP contribution in [0.4, 0.5) is 5.69 Å². The van der Waals surface area contributed by atoms with Crippen molar-refractivity contribution in [1.29, 1.82) is 0 Å². The molecule has 0 bridgehead atoms. The standard InChI is InChI=1S/C19H28N4O3S/c1-20-18(22-11-7-19(14-22)8-12-26-15-19)21-9-13-27(24,25)23-10-6-16-4-2-3-5-17(16)23/h2-5H,6-15H2,1H3,(H,20,21). The first-order chi connectivity index (χ1) is 13.0. The summed E-state index contributed by atoms with van der Waals surface area (Å²) in [6.45, 7) is 4.42. The van der Waals surface area contributed by atoms with Gasteiger partial charge in [0.25, 0.3) is 0 Å². The van der Waals surface area contributed by atoms with E-state index in [-0.39, 0.29) is 11.2 Å². The van der Waals surface area contributed by atoms with Crippen LogP contribution in [0, 0.1) is 5.41 Å². The summed E-state index contributed by atoms with van der Waals surface area (Å²) in [6.07, 6.45) is 2.99. The molecule has 7 nitrogen and oxygen atoms in total. The lowest BCUT2D eigenvalue weighted by atomic mass is 9.87. The molecular formula is C19H28N4O3S. The molecule has 1 aromatic rings. The number of aliphatic imine (C=N–C) groups is 1. The van der Waals surface area contributed by atoms with Gasteiger partial charge in [-0.25, -0.2) is 8.42 Å². The van der Waals surface area contributed by atoms with Crippen molar-refractivity contribution in [2.24, 2.45) is 10.4 Å². The molecule has 4 rings (SSSR count). The smallest absolute Gasteiger partial charge is 0.236 e. The molecule has 0 aromatic heterocycles. The Bertz CT molecular complexity index is 818. The van der Waals surface area contributed by atoms with Crippen LogP contribution >= 0.6 is 0 Å². The number of anilines is 1. The number of benzene rings is 1. The van der Waals surface area contributed by atoms with Crippen molar-refractivity contribution in [3.8, 4) is 0 Å². The number of rotatable bonds is 4. The molecule has 1 aromatic carbocycles. The second kappa shape index (κ2) is 7.31. The normalized spacial score (nSPS) is 25.4. The van der Waals surface area contributed by atoms with Gasteiger partial charge in [0, 0.05) is 45.2 Å². The van der Waals surface area contributed by atoms with Crippen LogP contribution < -0.4 is 9.62 Å². The Morgan fingerprint density at radius 2 is 2.15 bits per heavy atom. The van der Waals surface area contributed by atoms with Crippen molar-refractivity contribution in [2.45, 2.75) is 19.3 Å². The van der Waals surface area contributed by atoms with Crippen molar-refractivity contribution in [1.82, 2.24) is 10.2 Å². The van der Waals surface area contributed by atoms with E-state index in [9.17, 15) is 8.42 Å². The summed E-state index contributed by atoms with van der Waals surface area (Å²) < 4.78 is 32.7. The average Bonchev–Trinajstić information content (AvgIpc) is 3.39. The minimum Gasteiger partial charge on any atom is -0.381 e. The minimum absolute atomic E-state index is 0.0580. The van der Waals surface area contributed by atoms with Crippen LogP contribution in [-0.2, 0) is 21.2 Å². The summed E-state index contributed by atoms with van der Waals surface area (Å²) in [5.74, 6) is 0.846. The van der Waals surface area contributed by atoms with Gasteiger partial charge in [-0.3, -0.25) is 9.30 Å². The first-order valence-electron chi connectivity index (χ1n) is 9.65. The molecule has 3 heterocycles. The van der Waals surface area contributed by atoms with E-state index in [1.807, 2.05) is 24.3 Å². The number of nitrogens with one attached hydrogen (secondary N) is 1. The van der Waals surface area contributed by atoms with Crippen LogP contribution in [0.15, 0.2) is 29.3 Å². The molecule has 8 heteroatoms. The van der Waals surface area contributed by atoms with Crippen molar-refractivity contribution in [3.05, 3.63) is 29.8 Å². The lowest BCUT2D eigenvalue weighted by molar-refractivity contribution is 0.156. The highest BCUT2D eigenvalue weighted by atomic mass is 32.2. The Morgan fingerprint density at radius 3 is 2.93 bits per heavy atom. The maximum Gasteiger partial charge on any atom is 0.236 e. The predicted molar refractivity (Wildman–Crippen MR) is 107 cm³/mol. The molecular weight excluding hydrogens is 364 g/mol. The fourth-order valence-electron chi connectivity index (χ4n) is 4.42. The number of likely N-dealkylation sites (tertiary alicyclic amines) is 1. The number of hydrogen-bond donors (Lipinski definition) is 1. The highest BCUT2D eigenvalue weighted by molar-refractivity contribution is 7.92. The van der Waals surface area contributed by atoms with E-state index < -0.39 is 10.0 Å². The lowest BCUT2D eigenvalue weighted by Gasteiger charge is -2.25. The molecule has 0 amide bonds. The van der Waals surface area contributed by atoms with E-state index in [1.54, 1.807) is 11.4 Å². The van der Waals surface area contributed by atoms with Gasteiger partial charge in [-0.15, -0.1) is 0 Å². The van der Waals surface area contributed by atoms with Crippen LogP contribution in [0.25, 0.3) is 0 Å². The van der Waals surface area contributed by atoms with E-state index in [1.165, 1.54) is 0 Å². The number of sulfonamides is 1. The van der Waals surface area contributed by atoms with Gasteiger partial charge in [0.1, 0.15) is 0 Å². The maximum absolute atomic E-state index is 12.8. The zero-order valence-corrected chi connectivity index (χ0v) is 16.7. The molecule has 3 aliphatic heterocycles. The zero-order chi connectivity index (χ0) is 18.9. The van der Waals surface area contributed by atoms with Crippen molar-refractivity contribution < 1.29 is 13.2 Å². The molecule has 1 atom stereocenters. The number of guanidine groups is 1. The van der Waals surface area contributed by atoms with E-state index in [0.717, 1.165) is 62.8 Å². The fourth-order valence-corrected chi connectivity index (χ4v) is 5.85. The van der Waals surface area contributed by atoms with Gasteiger partial charge in [-0.05, 0) is 30.9 Å². The van der Waals surface area contributed by atoms with Gasteiger partial charge in [0.15, 0.2) is 5.96 Å². The molecule has 0 aliphatic carbocycles. The molecule has 1 N–H and O–H groups in total. The molecule has 27 heavy (non-hydrogen) atoms. The van der Waals surface area contributed by atoms with E-state index in [2.05, 4.69) is 15.2 Å². The molecule has 1 unspecified atom stereocenters. The summed E-state index contributed by atoms with van der Waals surface area (Å²) in [7, 11) is -1.59. The summed E-state index contributed by atoms with van der Waals surface area (Å²) in [6, 6.07) is 7.74. The third-order valence-electron chi connectivity index (χ3n) is 5.96. The first kappa shape index (κ1) is 18.6. The monoisotopic (exact) mass is 392 g/mol. The molecule has 148 valence electrons. The van der Waals surface area contributed by atoms with Crippen LogP contribution in [0.2, 0.25) is 0 Å². The van der Waals surface area contributed by atoms with Gasteiger partial charge in [0.2, 0.25) is 10.0 Å². The second-order valence-corrected chi connectivity index (χ2v) is 9.73. The third kappa shape index (κ3) is 3.65. The molecule has 2 saturated heterocycles. The predicted octanol–water partition coefficient (Wildman–Crippen LogP) is 1.07. The van der Waals surface area contributed by atoms with Crippen LogP contribution in [-0.4, -0.2) is 71.5 Å². The van der Waals surface area contributed by atoms with Crippen LogP contribution in [0.3, 0.4) is 0 Å². The zero-order valence-electron chi connectivity index (χ0n) is 15.9. The Hall–Kier alpha value is -1.80. The largest absolute Gasteiger partial charge is 0.381 e. The lowest BCUT2D eigenvalue weighted by Crippen LogP contribution is -2.44. The fraction of sp³-hybridized carbons (Fsp3) is 0.632. The van der Waals surface area contributed by atoms with Gasteiger partial charge in [-0.1, -0.05) is 18.2 Å². The van der Waals surface area contributed by atoms with Gasteiger partial charge >= 0.3 is 0 Å². The Morgan fingerprint density at radius 1 is 1.30 bits per heavy atom. The van der Waals surface area contributed by atoms with Crippen LogP contribution in [0.5, 0.6) is 0 Å². The average molecular weight is 393 g/mol. The third-order valence-corrected chi connectivity index (χ3v) is 7.73. The van der Waals surface area contributed by atoms with Gasteiger partial charge in [-0.2, -0.15) is 0 Å². The summed E-state index contributed by atoms with van der Waals surface area (Å²) >= 11 is 0. The quantitative estimate of drug-likeness (QED) is 0.613. The molecule has 2 fully saturated rings. The molecule has 0 saturated carbocycles. The van der Waals surface area contributed by atoms with Crippen molar-refractivity contribution in [3.63, 3.8) is 0 Å². The topological polar surface area (TPSA) is 74.2 Å². The molecule has 3 aliphatic rings. The first-order valence-corrected chi connectivity index (χ1v) is 11.3. The van der Waals surface area contributed by atoms with Crippen molar-refractivity contribution >= 4 is 21.7 Å².